The van der Waals surface area contributed by atoms with Crippen LogP contribution in [0.25, 0.3) is 0 Å². The molecule has 0 unspecified atom stereocenters. The molecule has 2 aromatic carbocycles. The second-order valence-electron chi connectivity index (χ2n) is 7.04. The van der Waals surface area contributed by atoms with E-state index in [4.69, 9.17) is 25.8 Å². The Hall–Kier alpha value is -2.65. The van der Waals surface area contributed by atoms with Gasteiger partial charge in [-0.25, -0.2) is 8.42 Å². The fraction of sp³-hybridized carbons (Fsp3) is 0.381. The molecule has 1 aliphatic heterocycles. The van der Waals surface area contributed by atoms with Gasteiger partial charge < -0.3 is 19.5 Å². The molecule has 1 aliphatic rings. The number of fused-ring (bicyclic) bond motifs is 1. The lowest BCUT2D eigenvalue weighted by Gasteiger charge is -2.31. The number of sulfonamides is 1. The largest absolute Gasteiger partial charge is 0.495 e. The van der Waals surface area contributed by atoms with Gasteiger partial charge in [-0.2, -0.15) is 0 Å². The number of methoxy groups -OCH3 is 1. The van der Waals surface area contributed by atoms with Crippen LogP contribution in [0.4, 0.5) is 5.69 Å². The Kier molecular flexibility index (Phi) is 7.17. The number of amides is 1. The molecule has 0 saturated carbocycles. The van der Waals surface area contributed by atoms with Crippen molar-refractivity contribution >= 4 is 33.2 Å². The molecule has 1 amide bonds. The Morgan fingerprint density at radius 2 is 2.00 bits per heavy atom. The summed E-state index contributed by atoms with van der Waals surface area (Å²) in [6.07, 6.45) is 0.919. The molecule has 0 bridgehead atoms. The molecule has 168 valence electrons. The third-order valence-corrected chi connectivity index (χ3v) is 6.27. The van der Waals surface area contributed by atoms with Crippen molar-refractivity contribution in [3.63, 3.8) is 0 Å². The van der Waals surface area contributed by atoms with E-state index < -0.39 is 28.1 Å². The number of carbonyl (C=O) groups is 1. The Bertz CT molecular complexity index is 1050. The number of ether oxygens (including phenoxy) is 3. The molecule has 1 N–H and O–H groups in total. The predicted octanol–water partition coefficient (Wildman–Crippen LogP) is 2.85. The van der Waals surface area contributed by atoms with E-state index in [1.165, 1.54) is 13.2 Å². The minimum atomic E-state index is -3.78. The molecule has 0 spiro atoms. The summed E-state index contributed by atoms with van der Waals surface area (Å²) >= 11 is 6.18. The highest BCUT2D eigenvalue weighted by molar-refractivity contribution is 7.92. The molecule has 0 aromatic heterocycles. The van der Waals surface area contributed by atoms with Crippen molar-refractivity contribution in [3.8, 4) is 17.2 Å². The van der Waals surface area contributed by atoms with Gasteiger partial charge in [-0.05, 0) is 36.8 Å². The van der Waals surface area contributed by atoms with E-state index in [2.05, 4.69) is 5.32 Å². The van der Waals surface area contributed by atoms with Crippen LogP contribution in [0.2, 0.25) is 5.02 Å². The Morgan fingerprint density at radius 3 is 2.61 bits per heavy atom. The van der Waals surface area contributed by atoms with E-state index in [-0.39, 0.29) is 30.3 Å². The molecular weight excluding hydrogens is 444 g/mol. The van der Waals surface area contributed by atoms with Gasteiger partial charge in [-0.1, -0.05) is 30.7 Å². The maximum Gasteiger partial charge on any atom is 0.244 e. The summed E-state index contributed by atoms with van der Waals surface area (Å²) in [4.78, 5) is 13.0. The summed E-state index contributed by atoms with van der Waals surface area (Å²) in [5.74, 6) is 1.22. The van der Waals surface area contributed by atoms with Gasteiger partial charge >= 0.3 is 0 Å². The second-order valence-corrected chi connectivity index (χ2v) is 9.31. The van der Waals surface area contributed by atoms with Crippen molar-refractivity contribution in [1.82, 2.24) is 5.32 Å². The number of nitrogens with one attached hydrogen (secondary N) is 1. The van der Waals surface area contributed by atoms with Gasteiger partial charge in [0.1, 0.15) is 24.5 Å². The van der Waals surface area contributed by atoms with Crippen LogP contribution >= 0.6 is 11.6 Å². The van der Waals surface area contributed by atoms with E-state index in [1.54, 1.807) is 31.2 Å². The number of hydrogen-bond donors (Lipinski definition) is 1. The van der Waals surface area contributed by atoms with Crippen LogP contribution in [0, 0.1) is 0 Å². The molecule has 0 fully saturated rings. The summed E-state index contributed by atoms with van der Waals surface area (Å²) < 4.78 is 42.8. The third kappa shape index (κ3) is 5.34. The van der Waals surface area contributed by atoms with Crippen LogP contribution in [0.1, 0.15) is 13.3 Å². The van der Waals surface area contributed by atoms with E-state index in [0.717, 1.165) is 10.6 Å². The summed E-state index contributed by atoms with van der Waals surface area (Å²) in [6, 6.07) is 10.9. The minimum Gasteiger partial charge on any atom is -0.495 e. The molecule has 2 atom stereocenters. The van der Waals surface area contributed by atoms with Crippen molar-refractivity contribution in [1.29, 1.82) is 0 Å². The smallest absolute Gasteiger partial charge is 0.244 e. The van der Waals surface area contributed by atoms with Gasteiger partial charge in [0.15, 0.2) is 11.5 Å². The number of rotatable bonds is 8. The monoisotopic (exact) mass is 468 g/mol. The highest BCUT2D eigenvalue weighted by atomic mass is 35.5. The first-order valence-electron chi connectivity index (χ1n) is 9.73. The maximum absolute atomic E-state index is 13.0. The van der Waals surface area contributed by atoms with Crippen molar-refractivity contribution in [2.75, 3.05) is 30.8 Å². The Morgan fingerprint density at radius 1 is 1.29 bits per heavy atom. The highest BCUT2D eigenvalue weighted by Crippen LogP contribution is 2.32. The lowest BCUT2D eigenvalue weighted by Crippen LogP contribution is -2.51. The standard InChI is InChI=1S/C21H25ClN2O6S/c1-4-17(24(31(3,26)27)14-9-10-18(28-2)16(22)11-14)21(25)23-12-15-13-29-19-7-5-6-8-20(19)30-15/h5-11,15,17H,4,12-13H2,1-3H3,(H,23,25)/t15-,17-/m1/s1. The number of anilines is 1. The molecule has 2 aromatic rings. The van der Waals surface area contributed by atoms with Gasteiger partial charge in [0, 0.05) is 0 Å². The molecule has 3 rings (SSSR count). The van der Waals surface area contributed by atoms with Crippen LogP contribution in [0.3, 0.4) is 0 Å². The normalized spacial score (nSPS) is 16.3. The summed E-state index contributed by atoms with van der Waals surface area (Å²) in [6.45, 7) is 2.19. The number of carbonyl (C=O) groups excluding carboxylic acids is 1. The molecule has 0 saturated heterocycles. The molecule has 0 aliphatic carbocycles. The fourth-order valence-corrected chi connectivity index (χ4v) is 4.80. The first-order chi connectivity index (χ1) is 14.7. The molecule has 0 radical (unpaired) electrons. The third-order valence-electron chi connectivity index (χ3n) is 4.79. The maximum atomic E-state index is 13.0. The number of benzene rings is 2. The number of hydrogen-bond acceptors (Lipinski definition) is 6. The number of para-hydroxylation sites is 2. The van der Waals surface area contributed by atoms with Gasteiger partial charge in [0.2, 0.25) is 15.9 Å². The van der Waals surface area contributed by atoms with Crippen molar-refractivity contribution in [2.45, 2.75) is 25.5 Å². The van der Waals surface area contributed by atoms with Crippen LogP contribution < -0.4 is 23.8 Å². The van der Waals surface area contributed by atoms with Crippen molar-refractivity contribution in [3.05, 3.63) is 47.5 Å². The number of nitrogens with zero attached hydrogens (tertiary/aromatic N) is 1. The summed E-state index contributed by atoms with van der Waals surface area (Å²) in [5, 5.41) is 3.03. The second kappa shape index (κ2) is 9.65. The van der Waals surface area contributed by atoms with Crippen molar-refractivity contribution in [2.24, 2.45) is 0 Å². The van der Waals surface area contributed by atoms with Crippen LogP contribution in [0.5, 0.6) is 17.2 Å². The zero-order valence-corrected chi connectivity index (χ0v) is 19.1. The van der Waals surface area contributed by atoms with E-state index in [9.17, 15) is 13.2 Å². The van der Waals surface area contributed by atoms with E-state index in [0.29, 0.717) is 17.2 Å². The van der Waals surface area contributed by atoms with Gasteiger partial charge in [0.05, 0.1) is 30.6 Å². The molecule has 8 nitrogen and oxygen atoms in total. The SMILES string of the molecule is CC[C@H](C(=O)NC[C@@H]1COc2ccccc2O1)N(c1ccc(OC)c(Cl)c1)S(C)(=O)=O. The molecular formula is C21H25ClN2O6S. The van der Waals surface area contributed by atoms with Crippen LogP contribution in [0.15, 0.2) is 42.5 Å². The average molecular weight is 469 g/mol. The zero-order chi connectivity index (χ0) is 22.6. The van der Waals surface area contributed by atoms with Crippen LogP contribution in [-0.4, -0.2) is 53.0 Å². The van der Waals surface area contributed by atoms with Gasteiger partial charge in [0.25, 0.3) is 0 Å². The number of halogens is 1. The Balaban J connectivity index is 1.75. The lowest BCUT2D eigenvalue weighted by molar-refractivity contribution is -0.122. The van der Waals surface area contributed by atoms with Crippen molar-refractivity contribution < 1.29 is 27.4 Å². The van der Waals surface area contributed by atoms with E-state index >= 15 is 0 Å². The van der Waals surface area contributed by atoms with Crippen LogP contribution in [-0.2, 0) is 14.8 Å². The predicted molar refractivity (Wildman–Crippen MR) is 119 cm³/mol. The molecule has 31 heavy (non-hydrogen) atoms. The topological polar surface area (TPSA) is 94.2 Å². The zero-order valence-electron chi connectivity index (χ0n) is 17.5. The van der Waals surface area contributed by atoms with Gasteiger partial charge in [-0.15, -0.1) is 0 Å². The highest BCUT2D eigenvalue weighted by Gasteiger charge is 2.32. The molecule has 1 heterocycles. The minimum absolute atomic E-state index is 0.171. The quantitative estimate of drug-likeness (QED) is 0.640. The lowest BCUT2D eigenvalue weighted by atomic mass is 10.1. The fourth-order valence-electron chi connectivity index (χ4n) is 3.35. The summed E-state index contributed by atoms with van der Waals surface area (Å²) in [5.41, 5.74) is 0.279. The summed E-state index contributed by atoms with van der Waals surface area (Å²) in [7, 11) is -2.31. The Labute approximate surface area is 187 Å². The molecule has 10 heteroatoms. The van der Waals surface area contributed by atoms with Gasteiger partial charge in [-0.3, -0.25) is 9.10 Å². The first kappa shape index (κ1) is 23.0. The first-order valence-corrected chi connectivity index (χ1v) is 12.0. The average Bonchev–Trinajstić information content (AvgIpc) is 2.74. The van der Waals surface area contributed by atoms with E-state index in [1.807, 2.05) is 12.1 Å².